The molecule has 0 saturated carbocycles. The molecule has 3 heteroatoms. The molecule has 0 fully saturated rings. The maximum absolute atomic E-state index is 9.83. The van der Waals surface area contributed by atoms with Crippen LogP contribution < -0.4 is 4.74 Å². The molecule has 14 heavy (non-hydrogen) atoms. The summed E-state index contributed by atoms with van der Waals surface area (Å²) in [5, 5.41) is 9.83. The van der Waals surface area contributed by atoms with Gasteiger partial charge in [-0.1, -0.05) is 12.1 Å². The highest BCUT2D eigenvalue weighted by molar-refractivity contribution is 5.30. The van der Waals surface area contributed by atoms with Gasteiger partial charge in [-0.25, -0.2) is 0 Å². The van der Waals surface area contributed by atoms with Crippen molar-refractivity contribution >= 4 is 0 Å². The summed E-state index contributed by atoms with van der Waals surface area (Å²) in [5.74, 6) is 0.741. The van der Waals surface area contributed by atoms with Crippen LogP contribution in [0.15, 0.2) is 24.3 Å². The summed E-state index contributed by atoms with van der Waals surface area (Å²) < 4.78 is 10.1. The topological polar surface area (TPSA) is 38.7 Å². The maximum atomic E-state index is 9.83. The lowest BCUT2D eigenvalue weighted by Crippen LogP contribution is -2.16. The SMILES string of the molecule is COc1cccc(C(O)C(C)OC)c1. The molecule has 2 atom stereocenters. The van der Waals surface area contributed by atoms with E-state index in [4.69, 9.17) is 9.47 Å². The van der Waals surface area contributed by atoms with Crippen molar-refractivity contribution in [2.24, 2.45) is 0 Å². The van der Waals surface area contributed by atoms with E-state index in [1.807, 2.05) is 25.1 Å². The van der Waals surface area contributed by atoms with Crippen molar-refractivity contribution in [1.82, 2.24) is 0 Å². The van der Waals surface area contributed by atoms with E-state index in [9.17, 15) is 5.11 Å². The zero-order valence-corrected chi connectivity index (χ0v) is 8.73. The number of methoxy groups -OCH3 is 2. The van der Waals surface area contributed by atoms with Crippen molar-refractivity contribution in [2.45, 2.75) is 19.1 Å². The van der Waals surface area contributed by atoms with E-state index in [2.05, 4.69) is 0 Å². The van der Waals surface area contributed by atoms with Gasteiger partial charge in [0.05, 0.1) is 13.2 Å². The second-order valence-corrected chi connectivity index (χ2v) is 3.16. The standard InChI is InChI=1S/C11H16O3/c1-8(13-2)11(12)9-5-4-6-10(7-9)14-3/h4-8,11-12H,1-3H3. The summed E-state index contributed by atoms with van der Waals surface area (Å²) in [6, 6.07) is 7.34. The van der Waals surface area contributed by atoms with Gasteiger partial charge in [0.2, 0.25) is 0 Å². The molecule has 0 aliphatic rings. The molecule has 0 saturated heterocycles. The van der Waals surface area contributed by atoms with Crippen molar-refractivity contribution in [3.63, 3.8) is 0 Å². The van der Waals surface area contributed by atoms with E-state index in [-0.39, 0.29) is 6.10 Å². The third-order valence-electron chi connectivity index (χ3n) is 2.25. The van der Waals surface area contributed by atoms with E-state index in [1.54, 1.807) is 20.3 Å². The Labute approximate surface area is 84.3 Å². The molecule has 0 aliphatic heterocycles. The summed E-state index contributed by atoms with van der Waals surface area (Å²) in [6.07, 6.45) is -0.836. The fraction of sp³-hybridized carbons (Fsp3) is 0.455. The van der Waals surface area contributed by atoms with Crippen LogP contribution in [0.3, 0.4) is 0 Å². The fourth-order valence-corrected chi connectivity index (χ4v) is 1.23. The van der Waals surface area contributed by atoms with Crippen molar-refractivity contribution in [2.75, 3.05) is 14.2 Å². The number of hydrogen-bond donors (Lipinski definition) is 1. The van der Waals surface area contributed by atoms with Crippen molar-refractivity contribution in [1.29, 1.82) is 0 Å². The maximum Gasteiger partial charge on any atom is 0.119 e. The molecule has 0 aliphatic carbocycles. The predicted molar refractivity (Wildman–Crippen MR) is 54.4 cm³/mol. The Morgan fingerprint density at radius 3 is 2.57 bits per heavy atom. The molecule has 0 bridgehead atoms. The van der Waals surface area contributed by atoms with E-state index in [0.29, 0.717) is 0 Å². The molecule has 0 spiro atoms. The number of aliphatic hydroxyl groups is 1. The lowest BCUT2D eigenvalue weighted by atomic mass is 10.1. The van der Waals surface area contributed by atoms with Gasteiger partial charge >= 0.3 is 0 Å². The Hall–Kier alpha value is -1.06. The van der Waals surface area contributed by atoms with Crippen LogP contribution in [0.25, 0.3) is 0 Å². The molecule has 1 aromatic carbocycles. The van der Waals surface area contributed by atoms with E-state index >= 15 is 0 Å². The van der Waals surface area contributed by atoms with Crippen LogP contribution >= 0.6 is 0 Å². The minimum Gasteiger partial charge on any atom is -0.497 e. The molecule has 78 valence electrons. The van der Waals surface area contributed by atoms with Gasteiger partial charge in [-0.05, 0) is 24.6 Å². The highest BCUT2D eigenvalue weighted by Crippen LogP contribution is 2.22. The molecular weight excluding hydrogens is 180 g/mol. The van der Waals surface area contributed by atoms with Gasteiger partial charge < -0.3 is 14.6 Å². The van der Waals surface area contributed by atoms with Crippen LogP contribution in [0.4, 0.5) is 0 Å². The lowest BCUT2D eigenvalue weighted by molar-refractivity contribution is -0.00150. The summed E-state index contributed by atoms with van der Waals surface area (Å²) >= 11 is 0. The molecule has 0 aromatic heterocycles. The summed E-state index contributed by atoms with van der Waals surface area (Å²) in [4.78, 5) is 0. The molecule has 2 unspecified atom stereocenters. The predicted octanol–water partition coefficient (Wildman–Crippen LogP) is 1.76. The molecule has 0 heterocycles. The summed E-state index contributed by atoms with van der Waals surface area (Å²) in [6.45, 7) is 1.82. The first kappa shape index (κ1) is 11.0. The quantitative estimate of drug-likeness (QED) is 0.797. The Morgan fingerprint density at radius 2 is 2.00 bits per heavy atom. The minimum atomic E-state index is -0.616. The normalized spacial score (nSPS) is 14.9. The zero-order chi connectivity index (χ0) is 10.6. The van der Waals surface area contributed by atoms with Crippen LogP contribution in [-0.4, -0.2) is 25.4 Å². The van der Waals surface area contributed by atoms with Crippen LogP contribution in [-0.2, 0) is 4.74 Å². The van der Waals surface area contributed by atoms with Gasteiger partial charge in [0.15, 0.2) is 0 Å². The lowest BCUT2D eigenvalue weighted by Gasteiger charge is -2.17. The number of rotatable bonds is 4. The Kier molecular flexibility index (Phi) is 3.92. The zero-order valence-electron chi connectivity index (χ0n) is 8.73. The first-order chi connectivity index (χ1) is 6.69. The Balaban J connectivity index is 2.83. The van der Waals surface area contributed by atoms with Crippen LogP contribution in [0.5, 0.6) is 5.75 Å². The Bertz CT molecular complexity index is 286. The van der Waals surface area contributed by atoms with Gasteiger partial charge in [-0.2, -0.15) is 0 Å². The van der Waals surface area contributed by atoms with Gasteiger partial charge in [0.25, 0.3) is 0 Å². The van der Waals surface area contributed by atoms with Crippen molar-refractivity contribution in [3.05, 3.63) is 29.8 Å². The number of aliphatic hydroxyl groups excluding tert-OH is 1. The molecular formula is C11H16O3. The third kappa shape index (κ3) is 2.47. The summed E-state index contributed by atoms with van der Waals surface area (Å²) in [7, 11) is 3.18. The van der Waals surface area contributed by atoms with Gasteiger partial charge in [-0.15, -0.1) is 0 Å². The number of hydrogen-bond acceptors (Lipinski definition) is 3. The second kappa shape index (κ2) is 4.98. The third-order valence-corrected chi connectivity index (χ3v) is 2.25. The van der Waals surface area contributed by atoms with Crippen molar-refractivity contribution < 1.29 is 14.6 Å². The smallest absolute Gasteiger partial charge is 0.119 e. The van der Waals surface area contributed by atoms with Crippen LogP contribution in [0.2, 0.25) is 0 Å². The first-order valence-electron chi connectivity index (χ1n) is 4.54. The van der Waals surface area contributed by atoms with E-state index < -0.39 is 6.10 Å². The number of benzene rings is 1. The first-order valence-corrected chi connectivity index (χ1v) is 4.54. The highest BCUT2D eigenvalue weighted by atomic mass is 16.5. The Morgan fingerprint density at radius 1 is 1.29 bits per heavy atom. The molecule has 3 nitrogen and oxygen atoms in total. The average Bonchev–Trinajstić information content (AvgIpc) is 2.27. The molecule has 0 radical (unpaired) electrons. The van der Waals surface area contributed by atoms with E-state index in [1.165, 1.54) is 0 Å². The fourth-order valence-electron chi connectivity index (χ4n) is 1.23. The molecule has 1 N–H and O–H groups in total. The van der Waals surface area contributed by atoms with Gasteiger partial charge in [0.1, 0.15) is 11.9 Å². The minimum absolute atomic E-state index is 0.220. The van der Waals surface area contributed by atoms with Crippen LogP contribution in [0.1, 0.15) is 18.6 Å². The van der Waals surface area contributed by atoms with Crippen LogP contribution in [0, 0.1) is 0 Å². The average molecular weight is 196 g/mol. The largest absolute Gasteiger partial charge is 0.497 e. The van der Waals surface area contributed by atoms with E-state index in [0.717, 1.165) is 11.3 Å². The van der Waals surface area contributed by atoms with Gasteiger partial charge in [0, 0.05) is 7.11 Å². The second-order valence-electron chi connectivity index (χ2n) is 3.16. The molecule has 1 rings (SSSR count). The van der Waals surface area contributed by atoms with Gasteiger partial charge in [-0.3, -0.25) is 0 Å². The highest BCUT2D eigenvalue weighted by Gasteiger charge is 2.15. The summed E-state index contributed by atoms with van der Waals surface area (Å²) in [5.41, 5.74) is 0.804. The molecule has 0 amide bonds. The van der Waals surface area contributed by atoms with Crippen molar-refractivity contribution in [3.8, 4) is 5.75 Å². The molecule has 1 aromatic rings. The monoisotopic (exact) mass is 196 g/mol. The number of ether oxygens (including phenoxy) is 2.